The van der Waals surface area contributed by atoms with E-state index in [1.165, 1.54) is 0 Å². The van der Waals surface area contributed by atoms with Crippen LogP contribution < -0.4 is 5.32 Å². The second kappa shape index (κ2) is 7.34. The van der Waals surface area contributed by atoms with Gasteiger partial charge < -0.3 is 19.3 Å². The predicted octanol–water partition coefficient (Wildman–Crippen LogP) is 2.18. The first kappa shape index (κ1) is 15.6. The lowest BCUT2D eigenvalue weighted by Gasteiger charge is -2.11. The second-order valence-electron chi connectivity index (χ2n) is 5.38. The van der Waals surface area contributed by atoms with Crippen LogP contribution in [0.2, 0.25) is 0 Å². The van der Waals surface area contributed by atoms with Crippen LogP contribution in [0.25, 0.3) is 11.4 Å². The number of carbonyl (C=O) groups excluding carboxylic acids is 1. The number of rotatable bonds is 6. The smallest absolute Gasteiger partial charge is 0.250 e. The molecule has 1 unspecified atom stereocenters. The molecule has 1 aliphatic rings. The largest absolute Gasteiger partial charge is 0.376 e. The summed E-state index contributed by atoms with van der Waals surface area (Å²) in [6.07, 6.45) is 2.15. The van der Waals surface area contributed by atoms with Gasteiger partial charge in [-0.05, 0) is 25.0 Å². The van der Waals surface area contributed by atoms with Crippen molar-refractivity contribution in [1.82, 2.24) is 10.1 Å². The first-order chi connectivity index (χ1) is 11.2. The summed E-state index contributed by atoms with van der Waals surface area (Å²) < 4.78 is 15.9. The van der Waals surface area contributed by atoms with E-state index in [0.29, 0.717) is 29.6 Å². The molecule has 1 aliphatic heterocycles. The van der Waals surface area contributed by atoms with Crippen molar-refractivity contribution in [2.24, 2.45) is 0 Å². The number of carbonyl (C=O) groups is 1. The number of aromatic nitrogens is 2. The van der Waals surface area contributed by atoms with Gasteiger partial charge in [-0.2, -0.15) is 4.98 Å². The average molecular weight is 317 g/mol. The van der Waals surface area contributed by atoms with Crippen LogP contribution in [0.15, 0.2) is 28.8 Å². The van der Waals surface area contributed by atoms with Gasteiger partial charge in [-0.25, -0.2) is 0 Å². The maximum absolute atomic E-state index is 12.0. The molecule has 1 amide bonds. The fraction of sp³-hybridized carbons (Fsp3) is 0.438. The van der Waals surface area contributed by atoms with Crippen molar-refractivity contribution in [1.29, 1.82) is 0 Å². The molecule has 1 N–H and O–H groups in total. The second-order valence-corrected chi connectivity index (χ2v) is 5.38. The average Bonchev–Trinajstić information content (AvgIpc) is 3.19. The van der Waals surface area contributed by atoms with Crippen LogP contribution >= 0.6 is 0 Å². The summed E-state index contributed by atoms with van der Waals surface area (Å²) in [6, 6.07) is 7.30. The summed E-state index contributed by atoms with van der Waals surface area (Å²) in [4.78, 5) is 16.2. The zero-order valence-corrected chi connectivity index (χ0v) is 12.9. The molecule has 1 atom stereocenters. The number of amides is 1. The van der Waals surface area contributed by atoms with Crippen LogP contribution in [-0.4, -0.2) is 42.0 Å². The summed E-state index contributed by atoms with van der Waals surface area (Å²) >= 11 is 0. The van der Waals surface area contributed by atoms with E-state index in [9.17, 15) is 4.79 Å². The first-order valence-electron chi connectivity index (χ1n) is 7.61. The van der Waals surface area contributed by atoms with Gasteiger partial charge in [-0.1, -0.05) is 17.3 Å². The van der Waals surface area contributed by atoms with Crippen LogP contribution in [-0.2, 0) is 14.3 Å². The first-order valence-corrected chi connectivity index (χ1v) is 7.61. The van der Waals surface area contributed by atoms with Crippen LogP contribution in [0.3, 0.4) is 0 Å². The Kier molecular flexibility index (Phi) is 4.99. The fourth-order valence-electron chi connectivity index (χ4n) is 2.44. The maximum atomic E-state index is 12.0. The van der Waals surface area contributed by atoms with E-state index in [1.807, 2.05) is 18.2 Å². The molecule has 1 fully saturated rings. The predicted molar refractivity (Wildman–Crippen MR) is 82.9 cm³/mol. The Morgan fingerprint density at radius 1 is 1.43 bits per heavy atom. The Labute approximate surface area is 134 Å². The number of nitrogens with zero attached hydrogens (tertiary/aromatic N) is 2. The van der Waals surface area contributed by atoms with Crippen molar-refractivity contribution in [3.8, 4) is 11.4 Å². The highest BCUT2D eigenvalue weighted by molar-refractivity contribution is 5.95. The molecule has 2 aromatic rings. The number of para-hydroxylation sites is 1. The molecule has 3 rings (SSSR count). The molecule has 1 aromatic heterocycles. The molecule has 1 aromatic carbocycles. The molecule has 2 heterocycles. The van der Waals surface area contributed by atoms with Crippen LogP contribution in [0.4, 0.5) is 5.69 Å². The van der Waals surface area contributed by atoms with Gasteiger partial charge in [0, 0.05) is 19.1 Å². The Hall–Kier alpha value is -2.25. The molecule has 7 nitrogen and oxygen atoms in total. The minimum atomic E-state index is -0.226. The molecule has 1 saturated heterocycles. The van der Waals surface area contributed by atoms with E-state index in [2.05, 4.69) is 15.5 Å². The minimum Gasteiger partial charge on any atom is -0.376 e. The number of ether oxygens (including phenoxy) is 2. The van der Waals surface area contributed by atoms with Gasteiger partial charge in [0.2, 0.25) is 17.6 Å². The van der Waals surface area contributed by atoms with Crippen molar-refractivity contribution < 1.29 is 18.8 Å². The Morgan fingerprint density at radius 3 is 3.04 bits per heavy atom. The summed E-state index contributed by atoms with van der Waals surface area (Å²) in [6.45, 7) is 2.92. The molecule has 0 bridgehead atoms. The Balaban J connectivity index is 1.57. The number of hydrogen-bond donors (Lipinski definition) is 1. The molecule has 0 spiro atoms. The van der Waals surface area contributed by atoms with E-state index in [1.54, 1.807) is 13.0 Å². The molecule has 0 aliphatic carbocycles. The molecule has 7 heteroatoms. The van der Waals surface area contributed by atoms with Gasteiger partial charge in [0.05, 0.1) is 18.4 Å². The number of benzene rings is 1. The zero-order valence-electron chi connectivity index (χ0n) is 12.9. The highest BCUT2D eigenvalue weighted by Crippen LogP contribution is 2.25. The van der Waals surface area contributed by atoms with Gasteiger partial charge in [0.25, 0.3) is 0 Å². The van der Waals surface area contributed by atoms with Crippen molar-refractivity contribution in [3.63, 3.8) is 0 Å². The normalized spacial score (nSPS) is 17.3. The van der Waals surface area contributed by atoms with Crippen molar-refractivity contribution >= 4 is 11.6 Å². The third-order valence-electron chi connectivity index (χ3n) is 3.53. The van der Waals surface area contributed by atoms with E-state index in [4.69, 9.17) is 14.0 Å². The lowest BCUT2D eigenvalue weighted by molar-refractivity contribution is -0.121. The van der Waals surface area contributed by atoms with E-state index < -0.39 is 0 Å². The standard InChI is InChI=1S/C16H19N3O4/c1-11-17-16(19-23-11)13-6-2-3-7-14(13)18-15(20)10-21-9-12-5-4-8-22-12/h2-3,6-7,12H,4-5,8-10H2,1H3,(H,18,20). The van der Waals surface area contributed by atoms with E-state index >= 15 is 0 Å². The number of nitrogens with one attached hydrogen (secondary N) is 1. The van der Waals surface area contributed by atoms with Crippen molar-refractivity contribution in [3.05, 3.63) is 30.2 Å². The van der Waals surface area contributed by atoms with E-state index in [-0.39, 0.29) is 18.6 Å². The number of hydrogen-bond acceptors (Lipinski definition) is 6. The monoisotopic (exact) mass is 317 g/mol. The van der Waals surface area contributed by atoms with Gasteiger partial charge in [-0.3, -0.25) is 4.79 Å². The van der Waals surface area contributed by atoms with Gasteiger partial charge in [-0.15, -0.1) is 0 Å². The fourth-order valence-corrected chi connectivity index (χ4v) is 2.44. The molecular formula is C16H19N3O4. The molecular weight excluding hydrogens is 298 g/mol. The maximum Gasteiger partial charge on any atom is 0.250 e. The third-order valence-corrected chi connectivity index (χ3v) is 3.53. The Bertz CT molecular complexity index is 665. The lowest BCUT2D eigenvalue weighted by Crippen LogP contribution is -2.22. The summed E-state index contributed by atoms with van der Waals surface area (Å²) in [5.41, 5.74) is 1.33. The van der Waals surface area contributed by atoms with E-state index in [0.717, 1.165) is 19.4 Å². The van der Waals surface area contributed by atoms with Crippen molar-refractivity contribution in [2.75, 3.05) is 25.1 Å². The molecule has 23 heavy (non-hydrogen) atoms. The molecule has 122 valence electrons. The van der Waals surface area contributed by atoms with Crippen molar-refractivity contribution in [2.45, 2.75) is 25.9 Å². The molecule has 0 radical (unpaired) electrons. The zero-order chi connectivity index (χ0) is 16.1. The third kappa shape index (κ3) is 4.14. The van der Waals surface area contributed by atoms with Gasteiger partial charge in [0.1, 0.15) is 6.61 Å². The summed E-state index contributed by atoms with van der Waals surface area (Å²) in [5.74, 6) is 0.690. The quantitative estimate of drug-likeness (QED) is 0.879. The van der Waals surface area contributed by atoms with Gasteiger partial charge >= 0.3 is 0 Å². The Morgan fingerprint density at radius 2 is 2.30 bits per heavy atom. The number of aryl methyl sites for hydroxylation is 1. The molecule has 0 saturated carbocycles. The topological polar surface area (TPSA) is 86.5 Å². The lowest BCUT2D eigenvalue weighted by atomic mass is 10.1. The van der Waals surface area contributed by atoms with Crippen LogP contribution in [0.5, 0.6) is 0 Å². The highest BCUT2D eigenvalue weighted by Gasteiger charge is 2.17. The number of anilines is 1. The summed E-state index contributed by atoms with van der Waals surface area (Å²) in [7, 11) is 0. The van der Waals surface area contributed by atoms with Crippen LogP contribution in [0, 0.1) is 6.92 Å². The minimum absolute atomic E-state index is 0.0144. The summed E-state index contributed by atoms with van der Waals surface area (Å²) in [5, 5.41) is 6.70. The highest BCUT2D eigenvalue weighted by atomic mass is 16.5. The van der Waals surface area contributed by atoms with Crippen LogP contribution in [0.1, 0.15) is 18.7 Å². The SMILES string of the molecule is Cc1nc(-c2ccccc2NC(=O)COCC2CCCO2)no1. The van der Waals surface area contributed by atoms with Gasteiger partial charge in [0.15, 0.2) is 0 Å².